The quantitative estimate of drug-likeness (QED) is 0.120. The summed E-state index contributed by atoms with van der Waals surface area (Å²) in [5.41, 5.74) is 12.8. The van der Waals surface area contributed by atoms with Gasteiger partial charge in [0.1, 0.15) is 0 Å². The third kappa shape index (κ3) is 8.50. The maximum absolute atomic E-state index is 2.48. The molecular formula is C55H62Cl2SiZr-2. The number of aryl methyl sites for hydroxylation is 2. The Bertz CT molecular complexity index is 2340. The van der Waals surface area contributed by atoms with Gasteiger partial charge in [-0.3, -0.25) is 0 Å². The Labute approximate surface area is 382 Å². The largest absolute Gasteiger partial charge is 1.00 e. The summed E-state index contributed by atoms with van der Waals surface area (Å²) < 4.78 is 0. The third-order valence-corrected chi connectivity index (χ3v) is 15.8. The first-order valence-corrected chi connectivity index (χ1v) is 28.9. The monoisotopic (exact) mass is 910 g/mol. The summed E-state index contributed by atoms with van der Waals surface area (Å²) in [4.78, 5) is 0. The zero-order chi connectivity index (χ0) is 38.9. The van der Waals surface area contributed by atoms with E-state index in [0.717, 1.165) is 41.9 Å². The molecule has 0 N–H and O–H groups in total. The molecule has 0 saturated heterocycles. The molecule has 0 nitrogen and oxygen atoms in total. The molecule has 14 rings (SSSR count). The van der Waals surface area contributed by atoms with Gasteiger partial charge in [0, 0.05) is 0 Å². The second-order valence-corrected chi connectivity index (χ2v) is 29.8. The molecule has 8 aliphatic carbocycles. The Morgan fingerprint density at radius 2 is 0.898 bits per heavy atom. The summed E-state index contributed by atoms with van der Waals surface area (Å²) in [6, 6.07) is 42.3. The van der Waals surface area contributed by atoms with Gasteiger partial charge in [-0.05, 0) is 152 Å². The Balaban J connectivity index is 0.000000146. The van der Waals surface area contributed by atoms with Crippen molar-refractivity contribution in [2.75, 3.05) is 0 Å². The molecule has 0 amide bonds. The SMILES string of the molecule is CCc1cc2c(-c3ccc(C45CC6CC(CC(C6)C4)C5)cc3)cccc2[cH-]1.C[Si](C)=[Zr+2].Cc1cc2c(-c3ccc(C45CC6CC(CC(C6)C4)C5)cc3)cccc2[cH-]1.[Cl-].[Cl-]. The van der Waals surface area contributed by atoms with Crippen molar-refractivity contribution in [2.24, 2.45) is 35.5 Å². The van der Waals surface area contributed by atoms with Crippen LogP contribution in [0.2, 0.25) is 13.1 Å². The van der Waals surface area contributed by atoms with Crippen LogP contribution in [0.4, 0.5) is 0 Å². The molecule has 59 heavy (non-hydrogen) atoms. The van der Waals surface area contributed by atoms with Gasteiger partial charge in [0.05, 0.1) is 0 Å². The van der Waals surface area contributed by atoms with Gasteiger partial charge in [0.2, 0.25) is 0 Å². The predicted molar refractivity (Wildman–Crippen MR) is 241 cm³/mol. The van der Waals surface area contributed by atoms with Crippen molar-refractivity contribution in [1.82, 2.24) is 0 Å². The molecule has 0 atom stereocenters. The van der Waals surface area contributed by atoms with E-state index in [2.05, 4.69) is 136 Å². The first kappa shape index (κ1) is 43.4. The zero-order valence-corrected chi connectivity index (χ0v) is 40.8. The van der Waals surface area contributed by atoms with Gasteiger partial charge in [-0.2, -0.15) is 12.1 Å². The molecule has 0 radical (unpaired) electrons. The summed E-state index contributed by atoms with van der Waals surface area (Å²) in [6.45, 7) is 9.06. The second-order valence-electron chi connectivity index (χ2n) is 20.4. The molecule has 4 heteroatoms. The van der Waals surface area contributed by atoms with Crippen molar-refractivity contribution < 1.29 is 48.1 Å². The van der Waals surface area contributed by atoms with E-state index in [1.165, 1.54) is 132 Å². The standard InChI is InChI=1S/C27H29.C26H27.C2H6Si.2ClH.Zr/c1-2-18-13-23-4-3-5-25(26(23)14-18)22-6-8-24(9-7-22)27-15-19-10-20(16-27)12-21(11-19)17-27;1-17-9-22-3-2-4-24(25(22)10-17)21-5-7-23(8-6-21)26-14-18-11-19(15-26)13-20(12-18)16-26;1-3-2;;;/h3-9,13-14,19-21H,2,10-12,15-17H2,1H3;2-10,18-20H,11-16H2,1H3;1-2H3;2*1H;/q2*-1;;;;+2/p-2. The average Bonchev–Trinajstić information content (AvgIpc) is 3.80. The summed E-state index contributed by atoms with van der Waals surface area (Å²) >= 11 is 1.74. The van der Waals surface area contributed by atoms with Crippen LogP contribution in [0, 0.1) is 42.4 Å². The molecule has 0 spiro atoms. The van der Waals surface area contributed by atoms with Crippen LogP contribution in [0.5, 0.6) is 0 Å². The van der Waals surface area contributed by atoms with Gasteiger partial charge in [-0.15, -0.1) is 69.1 Å². The van der Waals surface area contributed by atoms with Crippen LogP contribution in [-0.2, 0) is 40.6 Å². The van der Waals surface area contributed by atoms with Crippen LogP contribution in [0.3, 0.4) is 0 Å². The first-order valence-electron chi connectivity index (χ1n) is 22.7. The Morgan fingerprint density at radius 3 is 1.27 bits per heavy atom. The normalized spacial score (nSPS) is 29.3. The van der Waals surface area contributed by atoms with Crippen LogP contribution in [0.15, 0.2) is 109 Å². The van der Waals surface area contributed by atoms with Gasteiger partial charge in [-0.25, -0.2) is 0 Å². The summed E-state index contributed by atoms with van der Waals surface area (Å²) in [5.74, 6) is 6.09. The third-order valence-electron chi connectivity index (χ3n) is 15.8. The van der Waals surface area contributed by atoms with Crippen LogP contribution < -0.4 is 24.8 Å². The van der Waals surface area contributed by atoms with E-state index in [-0.39, 0.29) is 30.2 Å². The molecule has 8 saturated carbocycles. The van der Waals surface area contributed by atoms with Gasteiger partial charge in [-0.1, -0.05) is 85.6 Å². The van der Waals surface area contributed by atoms with E-state index in [4.69, 9.17) is 0 Å². The maximum atomic E-state index is 2.48. The molecule has 8 bridgehead atoms. The van der Waals surface area contributed by atoms with Gasteiger partial charge in [0.25, 0.3) is 0 Å². The fourth-order valence-corrected chi connectivity index (χ4v) is 14.3. The fraction of sp³-hybridized carbons (Fsp3) is 0.455. The molecule has 0 aromatic heterocycles. The molecule has 0 heterocycles. The number of hydrogen-bond donors (Lipinski definition) is 0. The fourth-order valence-electron chi connectivity index (χ4n) is 14.3. The van der Waals surface area contributed by atoms with Crippen LogP contribution in [0.25, 0.3) is 43.8 Å². The van der Waals surface area contributed by atoms with Crippen LogP contribution >= 0.6 is 0 Å². The Morgan fingerprint density at radius 1 is 0.542 bits per heavy atom. The van der Waals surface area contributed by atoms with Crippen molar-refractivity contribution in [3.8, 4) is 22.3 Å². The van der Waals surface area contributed by atoms with E-state index in [0.29, 0.717) is 10.8 Å². The topological polar surface area (TPSA) is 0 Å². The average molecular weight is 913 g/mol. The molecule has 0 aliphatic heterocycles. The van der Waals surface area contributed by atoms with Crippen LogP contribution in [0.1, 0.15) is 106 Å². The summed E-state index contributed by atoms with van der Waals surface area (Å²) in [5, 5.41) is 5.56. The molecule has 0 unspecified atom stereocenters. The predicted octanol–water partition coefficient (Wildman–Crippen LogP) is 9.05. The van der Waals surface area contributed by atoms with E-state index >= 15 is 0 Å². The van der Waals surface area contributed by atoms with Crippen molar-refractivity contribution in [2.45, 2.75) is 121 Å². The summed E-state index contributed by atoms with van der Waals surface area (Å²) in [7, 11) is 0. The second kappa shape index (κ2) is 17.5. The molecule has 8 aliphatic rings. The van der Waals surface area contributed by atoms with E-state index in [1.807, 2.05) is 0 Å². The Hall–Kier alpha value is -2.22. The minimum Gasteiger partial charge on any atom is -1.00 e. The van der Waals surface area contributed by atoms with Gasteiger partial charge in [0.15, 0.2) is 0 Å². The van der Waals surface area contributed by atoms with E-state index < -0.39 is 0 Å². The molecule has 8 fully saturated rings. The van der Waals surface area contributed by atoms with Gasteiger partial charge >= 0.3 is 41.9 Å². The van der Waals surface area contributed by atoms with Crippen molar-refractivity contribution >= 4 is 27.0 Å². The summed E-state index contributed by atoms with van der Waals surface area (Å²) in [6.07, 6.45) is 19.0. The minimum atomic E-state index is 0. The molecule has 306 valence electrons. The number of hydrogen-bond acceptors (Lipinski definition) is 0. The number of halogens is 2. The van der Waals surface area contributed by atoms with Crippen molar-refractivity contribution in [3.63, 3.8) is 0 Å². The molecule has 6 aromatic rings. The number of rotatable bonds is 5. The van der Waals surface area contributed by atoms with E-state index in [9.17, 15) is 0 Å². The number of fused-ring (bicyclic) bond motifs is 2. The zero-order valence-electron chi connectivity index (χ0n) is 35.8. The maximum Gasteiger partial charge on any atom is -0.00391 e. The van der Waals surface area contributed by atoms with Crippen LogP contribution in [-0.4, -0.2) is 5.43 Å². The van der Waals surface area contributed by atoms with Crippen molar-refractivity contribution in [3.05, 3.63) is 131 Å². The van der Waals surface area contributed by atoms with Gasteiger partial charge < -0.3 is 24.8 Å². The number of benzene rings is 4. The molecular weight excluding hydrogens is 851 g/mol. The van der Waals surface area contributed by atoms with Crippen molar-refractivity contribution in [1.29, 1.82) is 0 Å². The Kier molecular flexibility index (Phi) is 12.9. The smallest absolute Gasteiger partial charge is 0.00391 e. The minimum absolute atomic E-state index is 0. The molecule has 6 aromatic carbocycles. The van der Waals surface area contributed by atoms with E-state index in [1.54, 1.807) is 34.5 Å². The first-order chi connectivity index (χ1) is 27.6.